The molecule has 118 valence electrons. The molecule has 1 aromatic rings. The van der Waals surface area contributed by atoms with Crippen LogP contribution in [0, 0.1) is 11.6 Å². The van der Waals surface area contributed by atoms with Crippen LogP contribution in [0.15, 0.2) is 41.8 Å². The number of hydrogen-bond acceptors (Lipinski definition) is 3. The molecule has 1 aromatic carbocycles. The Kier molecular flexibility index (Phi) is 4.80. The molecule has 0 radical (unpaired) electrons. The van der Waals surface area contributed by atoms with Crippen LogP contribution in [0.4, 0.5) is 8.78 Å². The van der Waals surface area contributed by atoms with Crippen LogP contribution in [0.25, 0.3) is 0 Å². The quantitative estimate of drug-likeness (QED) is 0.821. The van der Waals surface area contributed by atoms with Crippen LogP contribution >= 0.6 is 0 Å². The Morgan fingerprint density at radius 3 is 2.73 bits per heavy atom. The van der Waals surface area contributed by atoms with Gasteiger partial charge in [0.2, 0.25) is 0 Å². The summed E-state index contributed by atoms with van der Waals surface area (Å²) in [4.78, 5) is 13.6. The monoisotopic (exact) mass is 308 g/mol. The van der Waals surface area contributed by atoms with Gasteiger partial charge in [0.15, 0.2) is 11.6 Å². The topological polar surface area (TPSA) is 52.6 Å². The predicted molar refractivity (Wildman–Crippen MR) is 79.1 cm³/mol. The van der Waals surface area contributed by atoms with Crippen LogP contribution in [-0.4, -0.2) is 36.1 Å². The van der Waals surface area contributed by atoms with Gasteiger partial charge in [0.1, 0.15) is 5.76 Å². The zero-order chi connectivity index (χ0) is 16.3. The maximum atomic E-state index is 13.0. The lowest BCUT2D eigenvalue weighted by Crippen LogP contribution is -2.28. The second kappa shape index (κ2) is 6.60. The third-order valence-electron chi connectivity index (χ3n) is 3.60. The lowest BCUT2D eigenvalue weighted by molar-refractivity contribution is -0.117. The SMILES string of the molecule is C=C1C(O)=C(C(=O)NCCCc2ccc(F)c(F)c2)CN1C. The molecule has 0 saturated heterocycles. The molecule has 22 heavy (non-hydrogen) atoms. The highest BCUT2D eigenvalue weighted by Crippen LogP contribution is 2.22. The van der Waals surface area contributed by atoms with Crippen molar-refractivity contribution in [3.05, 3.63) is 59.0 Å². The van der Waals surface area contributed by atoms with E-state index >= 15 is 0 Å². The fourth-order valence-corrected chi connectivity index (χ4v) is 2.24. The van der Waals surface area contributed by atoms with Gasteiger partial charge in [0, 0.05) is 13.6 Å². The van der Waals surface area contributed by atoms with E-state index in [9.17, 15) is 18.7 Å². The van der Waals surface area contributed by atoms with Crippen LogP contribution in [0.3, 0.4) is 0 Å². The van der Waals surface area contributed by atoms with Gasteiger partial charge in [-0.2, -0.15) is 0 Å². The molecular formula is C16H18F2N2O2. The number of aliphatic hydroxyl groups excluding tert-OH is 1. The van der Waals surface area contributed by atoms with Crippen LogP contribution in [-0.2, 0) is 11.2 Å². The third-order valence-corrected chi connectivity index (χ3v) is 3.60. The van der Waals surface area contributed by atoms with E-state index in [1.807, 2.05) is 0 Å². The predicted octanol–water partition coefficient (Wildman–Crippen LogP) is 2.28. The molecule has 1 amide bonds. The van der Waals surface area contributed by atoms with Crippen LogP contribution in [0.1, 0.15) is 12.0 Å². The fourth-order valence-electron chi connectivity index (χ4n) is 2.24. The van der Waals surface area contributed by atoms with Crippen molar-refractivity contribution in [2.75, 3.05) is 20.1 Å². The van der Waals surface area contributed by atoms with E-state index in [1.165, 1.54) is 6.07 Å². The van der Waals surface area contributed by atoms with E-state index in [0.29, 0.717) is 42.8 Å². The molecule has 2 N–H and O–H groups in total. The van der Waals surface area contributed by atoms with E-state index in [1.54, 1.807) is 11.9 Å². The van der Waals surface area contributed by atoms with Crippen molar-refractivity contribution in [1.82, 2.24) is 10.2 Å². The number of aryl methyl sites for hydroxylation is 1. The minimum atomic E-state index is -0.871. The summed E-state index contributed by atoms with van der Waals surface area (Å²) in [6.45, 7) is 4.37. The number of amides is 1. The lowest BCUT2D eigenvalue weighted by atomic mass is 10.1. The largest absolute Gasteiger partial charge is 0.505 e. The number of carbonyl (C=O) groups is 1. The Balaban J connectivity index is 1.80. The van der Waals surface area contributed by atoms with E-state index in [-0.39, 0.29) is 11.7 Å². The summed E-state index contributed by atoms with van der Waals surface area (Å²) in [5.41, 5.74) is 1.39. The van der Waals surface area contributed by atoms with Gasteiger partial charge < -0.3 is 15.3 Å². The molecule has 0 fully saturated rings. The van der Waals surface area contributed by atoms with Gasteiger partial charge in [-0.1, -0.05) is 12.6 Å². The third kappa shape index (κ3) is 3.44. The summed E-state index contributed by atoms with van der Waals surface area (Å²) in [7, 11) is 1.74. The van der Waals surface area contributed by atoms with Crippen molar-refractivity contribution in [2.45, 2.75) is 12.8 Å². The van der Waals surface area contributed by atoms with Crippen molar-refractivity contribution in [1.29, 1.82) is 0 Å². The molecule has 0 aliphatic carbocycles. The molecule has 0 spiro atoms. The van der Waals surface area contributed by atoms with E-state index in [0.717, 1.165) is 12.1 Å². The van der Waals surface area contributed by atoms with Crippen molar-refractivity contribution < 1.29 is 18.7 Å². The fraction of sp³-hybridized carbons (Fsp3) is 0.312. The summed E-state index contributed by atoms with van der Waals surface area (Å²) < 4.78 is 25.8. The van der Waals surface area contributed by atoms with Crippen LogP contribution < -0.4 is 5.32 Å². The standard InChI is InChI=1S/C16H18F2N2O2/c1-10-15(21)12(9-20(10)2)16(22)19-7-3-4-11-5-6-13(17)14(18)8-11/h5-6,8,21H,1,3-4,7,9H2,2H3,(H,19,22). The van der Waals surface area contributed by atoms with Gasteiger partial charge in [0.05, 0.1) is 17.8 Å². The first kappa shape index (κ1) is 16.0. The van der Waals surface area contributed by atoms with Gasteiger partial charge in [0.25, 0.3) is 5.91 Å². The normalized spacial score (nSPS) is 14.7. The molecular weight excluding hydrogens is 290 g/mol. The van der Waals surface area contributed by atoms with Gasteiger partial charge >= 0.3 is 0 Å². The summed E-state index contributed by atoms with van der Waals surface area (Å²) in [5.74, 6) is -2.16. The van der Waals surface area contributed by atoms with Gasteiger partial charge in [-0.3, -0.25) is 4.79 Å². The highest BCUT2D eigenvalue weighted by atomic mass is 19.2. The Morgan fingerprint density at radius 1 is 1.41 bits per heavy atom. The molecule has 0 unspecified atom stereocenters. The molecule has 0 atom stereocenters. The summed E-state index contributed by atoms with van der Waals surface area (Å²) in [5, 5.41) is 12.5. The minimum absolute atomic E-state index is 0.0828. The van der Waals surface area contributed by atoms with Crippen LogP contribution in [0.5, 0.6) is 0 Å². The second-order valence-corrected chi connectivity index (χ2v) is 5.24. The number of carbonyl (C=O) groups excluding carboxylic acids is 1. The number of nitrogens with one attached hydrogen (secondary N) is 1. The van der Waals surface area contributed by atoms with E-state index in [4.69, 9.17) is 0 Å². The first-order chi connectivity index (χ1) is 10.4. The van der Waals surface area contributed by atoms with Crippen molar-refractivity contribution in [3.63, 3.8) is 0 Å². The maximum Gasteiger partial charge on any atom is 0.252 e. The molecule has 1 aliphatic rings. The Labute approximate surface area is 127 Å². The summed E-state index contributed by atoms with van der Waals surface area (Å²) >= 11 is 0. The Bertz CT molecular complexity index is 641. The molecule has 0 bridgehead atoms. The molecule has 2 rings (SSSR count). The number of aliphatic hydroxyl groups is 1. The highest BCUT2D eigenvalue weighted by molar-refractivity contribution is 5.95. The molecule has 0 saturated carbocycles. The van der Waals surface area contributed by atoms with Crippen molar-refractivity contribution >= 4 is 5.91 Å². The molecule has 4 nitrogen and oxygen atoms in total. The number of benzene rings is 1. The average Bonchev–Trinajstić information content (AvgIpc) is 2.74. The second-order valence-electron chi connectivity index (χ2n) is 5.24. The zero-order valence-electron chi connectivity index (χ0n) is 12.3. The Morgan fingerprint density at radius 2 is 2.14 bits per heavy atom. The maximum absolute atomic E-state index is 13.0. The number of nitrogens with zero attached hydrogens (tertiary/aromatic N) is 1. The zero-order valence-corrected chi connectivity index (χ0v) is 12.3. The number of hydrogen-bond donors (Lipinski definition) is 2. The molecule has 1 heterocycles. The molecule has 6 heteroatoms. The van der Waals surface area contributed by atoms with E-state index < -0.39 is 11.6 Å². The molecule has 0 aromatic heterocycles. The average molecular weight is 308 g/mol. The Hall–Kier alpha value is -2.37. The van der Waals surface area contributed by atoms with Crippen LogP contribution in [0.2, 0.25) is 0 Å². The minimum Gasteiger partial charge on any atom is -0.505 e. The summed E-state index contributed by atoms with van der Waals surface area (Å²) in [6, 6.07) is 3.76. The lowest BCUT2D eigenvalue weighted by Gasteiger charge is -2.11. The first-order valence-electron chi connectivity index (χ1n) is 6.94. The number of halogens is 2. The first-order valence-corrected chi connectivity index (χ1v) is 6.94. The van der Waals surface area contributed by atoms with Gasteiger partial charge in [-0.05, 0) is 30.5 Å². The van der Waals surface area contributed by atoms with Gasteiger partial charge in [-0.25, -0.2) is 8.78 Å². The smallest absolute Gasteiger partial charge is 0.252 e. The number of rotatable bonds is 5. The number of likely N-dealkylation sites (N-methyl/N-ethyl adjacent to an activating group) is 1. The van der Waals surface area contributed by atoms with E-state index in [2.05, 4.69) is 11.9 Å². The molecule has 1 aliphatic heterocycles. The summed E-state index contributed by atoms with van der Waals surface area (Å²) in [6.07, 6.45) is 1.11. The van der Waals surface area contributed by atoms with Crippen molar-refractivity contribution in [3.8, 4) is 0 Å². The van der Waals surface area contributed by atoms with Crippen molar-refractivity contribution in [2.24, 2.45) is 0 Å². The highest BCUT2D eigenvalue weighted by Gasteiger charge is 2.26. The van der Waals surface area contributed by atoms with Gasteiger partial charge in [-0.15, -0.1) is 0 Å².